The molecule has 0 fully saturated rings. The van der Waals surface area contributed by atoms with Crippen LogP contribution in [0.25, 0.3) is 0 Å². The van der Waals surface area contributed by atoms with Crippen LogP contribution in [-0.2, 0) is 6.42 Å². The van der Waals surface area contributed by atoms with Gasteiger partial charge in [-0.3, -0.25) is 4.39 Å². The van der Waals surface area contributed by atoms with Crippen LogP contribution >= 0.6 is 0 Å². The van der Waals surface area contributed by atoms with E-state index < -0.39 is 0 Å². The lowest BCUT2D eigenvalue weighted by atomic mass is 10.2. The van der Waals surface area contributed by atoms with Crippen molar-refractivity contribution in [3.05, 3.63) is 11.9 Å². The Hall–Kier alpha value is -1.39. The fourth-order valence-electron chi connectivity index (χ4n) is 1.57. The fourth-order valence-corrected chi connectivity index (χ4v) is 1.57. The van der Waals surface area contributed by atoms with Crippen molar-refractivity contribution in [2.24, 2.45) is 0 Å². The topological polar surface area (TPSA) is 49.8 Å². The van der Waals surface area contributed by atoms with E-state index in [9.17, 15) is 4.39 Å². The van der Waals surface area contributed by atoms with Crippen molar-refractivity contribution in [1.29, 1.82) is 0 Å². The average molecular weight is 240 g/mol. The van der Waals surface area contributed by atoms with Gasteiger partial charge >= 0.3 is 0 Å². The van der Waals surface area contributed by atoms with Gasteiger partial charge in [-0.15, -0.1) is 0 Å². The number of rotatable bonds is 8. The summed E-state index contributed by atoms with van der Waals surface area (Å²) in [5, 5.41) is 6.43. The quantitative estimate of drug-likeness (QED) is 0.686. The summed E-state index contributed by atoms with van der Waals surface area (Å²) < 4.78 is 12.0. The molecule has 0 aliphatic heterocycles. The van der Waals surface area contributed by atoms with Gasteiger partial charge in [0.05, 0.1) is 6.67 Å². The van der Waals surface area contributed by atoms with Crippen molar-refractivity contribution in [2.75, 3.05) is 30.4 Å². The standard InChI is InChI=1S/C12H21FN4/c1-3-7-14-11-10(4-2)12(17-9-16-11)15-8-5-6-13/h9H,3-8H2,1-2H3,(H2,14,15,16,17). The summed E-state index contributed by atoms with van der Waals surface area (Å²) in [7, 11) is 0. The first kappa shape index (κ1) is 13.7. The van der Waals surface area contributed by atoms with Gasteiger partial charge in [0.2, 0.25) is 0 Å². The van der Waals surface area contributed by atoms with Crippen LogP contribution in [0, 0.1) is 0 Å². The highest BCUT2D eigenvalue weighted by Gasteiger charge is 2.08. The zero-order valence-electron chi connectivity index (χ0n) is 10.6. The Kier molecular flexibility index (Phi) is 6.29. The molecule has 0 aliphatic rings. The number of hydrogen-bond acceptors (Lipinski definition) is 4. The molecule has 5 heteroatoms. The van der Waals surface area contributed by atoms with E-state index in [2.05, 4.69) is 34.4 Å². The van der Waals surface area contributed by atoms with Gasteiger partial charge in [-0.1, -0.05) is 13.8 Å². The van der Waals surface area contributed by atoms with Crippen LogP contribution in [0.1, 0.15) is 32.3 Å². The molecule has 1 aromatic heterocycles. The fraction of sp³-hybridized carbons (Fsp3) is 0.667. The Morgan fingerprint density at radius 2 is 1.76 bits per heavy atom. The van der Waals surface area contributed by atoms with Gasteiger partial charge in [0.1, 0.15) is 18.0 Å². The van der Waals surface area contributed by atoms with Crippen LogP contribution < -0.4 is 10.6 Å². The number of hydrogen-bond donors (Lipinski definition) is 2. The smallest absolute Gasteiger partial charge is 0.134 e. The summed E-state index contributed by atoms with van der Waals surface area (Å²) in [6, 6.07) is 0. The second-order valence-corrected chi connectivity index (χ2v) is 3.80. The Morgan fingerprint density at radius 1 is 1.12 bits per heavy atom. The van der Waals surface area contributed by atoms with Crippen LogP contribution in [0.5, 0.6) is 0 Å². The summed E-state index contributed by atoms with van der Waals surface area (Å²) in [6.45, 7) is 5.37. The molecule has 96 valence electrons. The Morgan fingerprint density at radius 3 is 2.29 bits per heavy atom. The third-order valence-corrected chi connectivity index (χ3v) is 2.44. The minimum atomic E-state index is -0.305. The summed E-state index contributed by atoms with van der Waals surface area (Å²) in [6.07, 6.45) is 3.95. The van der Waals surface area contributed by atoms with Gasteiger partial charge in [-0.25, -0.2) is 9.97 Å². The maximum atomic E-state index is 12.0. The Labute approximate surface area is 102 Å². The maximum absolute atomic E-state index is 12.0. The number of aromatic nitrogens is 2. The van der Waals surface area contributed by atoms with Gasteiger partial charge in [-0.2, -0.15) is 0 Å². The maximum Gasteiger partial charge on any atom is 0.134 e. The first-order valence-corrected chi connectivity index (χ1v) is 6.21. The molecule has 0 radical (unpaired) electrons. The minimum Gasteiger partial charge on any atom is -0.370 e. The number of nitrogens with zero attached hydrogens (tertiary/aromatic N) is 2. The monoisotopic (exact) mass is 240 g/mol. The van der Waals surface area contributed by atoms with E-state index in [0.717, 1.165) is 36.6 Å². The highest BCUT2D eigenvalue weighted by molar-refractivity contribution is 5.57. The lowest BCUT2D eigenvalue weighted by molar-refractivity contribution is 0.481. The molecule has 0 saturated carbocycles. The van der Waals surface area contributed by atoms with Gasteiger partial charge in [0.25, 0.3) is 0 Å². The van der Waals surface area contributed by atoms with Crippen molar-refractivity contribution in [3.63, 3.8) is 0 Å². The Bertz CT molecular complexity index is 330. The summed E-state index contributed by atoms with van der Waals surface area (Å²) in [4.78, 5) is 8.45. The lowest BCUT2D eigenvalue weighted by Crippen LogP contribution is -2.11. The molecule has 2 N–H and O–H groups in total. The molecule has 0 unspecified atom stereocenters. The van der Waals surface area contributed by atoms with Crippen molar-refractivity contribution in [1.82, 2.24) is 9.97 Å². The molecule has 1 rings (SSSR count). The molecule has 0 aromatic carbocycles. The van der Waals surface area contributed by atoms with Crippen molar-refractivity contribution in [2.45, 2.75) is 33.1 Å². The van der Waals surface area contributed by atoms with Crippen LogP contribution in [0.2, 0.25) is 0 Å². The van der Waals surface area contributed by atoms with Crippen molar-refractivity contribution >= 4 is 11.6 Å². The third kappa shape index (κ3) is 4.17. The first-order valence-electron chi connectivity index (χ1n) is 6.21. The molecule has 4 nitrogen and oxygen atoms in total. The van der Waals surface area contributed by atoms with Gasteiger partial charge in [0, 0.05) is 18.7 Å². The zero-order chi connectivity index (χ0) is 12.5. The Balaban J connectivity index is 2.74. The van der Waals surface area contributed by atoms with Crippen LogP contribution in [0.15, 0.2) is 6.33 Å². The second-order valence-electron chi connectivity index (χ2n) is 3.80. The highest BCUT2D eigenvalue weighted by Crippen LogP contribution is 2.20. The molecule has 17 heavy (non-hydrogen) atoms. The van der Waals surface area contributed by atoms with Crippen molar-refractivity contribution in [3.8, 4) is 0 Å². The van der Waals surface area contributed by atoms with E-state index in [1.807, 2.05) is 0 Å². The predicted molar refractivity (Wildman–Crippen MR) is 69.3 cm³/mol. The van der Waals surface area contributed by atoms with E-state index in [1.54, 1.807) is 0 Å². The lowest BCUT2D eigenvalue weighted by Gasteiger charge is -2.13. The van der Waals surface area contributed by atoms with Crippen LogP contribution in [0.4, 0.5) is 16.0 Å². The highest BCUT2D eigenvalue weighted by atomic mass is 19.1. The molecule has 1 heterocycles. The molecule has 0 atom stereocenters. The number of halogens is 1. The average Bonchev–Trinajstić information content (AvgIpc) is 2.36. The van der Waals surface area contributed by atoms with Gasteiger partial charge in [0.15, 0.2) is 0 Å². The molecule has 0 bridgehead atoms. The molecule has 0 saturated heterocycles. The first-order chi connectivity index (χ1) is 8.33. The summed E-state index contributed by atoms with van der Waals surface area (Å²) in [5.41, 5.74) is 1.07. The van der Waals surface area contributed by atoms with E-state index >= 15 is 0 Å². The van der Waals surface area contributed by atoms with E-state index in [1.165, 1.54) is 6.33 Å². The van der Waals surface area contributed by atoms with Crippen molar-refractivity contribution < 1.29 is 4.39 Å². The largest absolute Gasteiger partial charge is 0.370 e. The molecule has 0 amide bonds. The number of nitrogens with one attached hydrogen (secondary N) is 2. The predicted octanol–water partition coefficient (Wildman–Crippen LogP) is 2.63. The molecule has 0 spiro atoms. The third-order valence-electron chi connectivity index (χ3n) is 2.44. The summed E-state index contributed by atoms with van der Waals surface area (Å²) in [5.74, 6) is 1.70. The number of alkyl halides is 1. The second kappa shape index (κ2) is 7.81. The minimum absolute atomic E-state index is 0.305. The van der Waals surface area contributed by atoms with Crippen LogP contribution in [0.3, 0.4) is 0 Å². The van der Waals surface area contributed by atoms with E-state index in [4.69, 9.17) is 0 Å². The zero-order valence-corrected chi connectivity index (χ0v) is 10.6. The summed E-state index contributed by atoms with van der Waals surface area (Å²) >= 11 is 0. The van der Waals surface area contributed by atoms with Gasteiger partial charge < -0.3 is 10.6 Å². The van der Waals surface area contributed by atoms with Crippen LogP contribution in [-0.4, -0.2) is 29.7 Å². The van der Waals surface area contributed by atoms with E-state index in [-0.39, 0.29) is 6.67 Å². The molecule has 0 aliphatic carbocycles. The van der Waals surface area contributed by atoms with E-state index in [0.29, 0.717) is 13.0 Å². The molecular formula is C12H21FN4. The SMILES string of the molecule is CCCNc1ncnc(NCCCF)c1CC. The molecule has 1 aromatic rings. The molecular weight excluding hydrogens is 219 g/mol. The normalized spacial score (nSPS) is 10.3. The van der Waals surface area contributed by atoms with Gasteiger partial charge in [-0.05, 0) is 19.3 Å². The number of anilines is 2.